The van der Waals surface area contributed by atoms with Crippen LogP contribution in [0.25, 0.3) is 5.70 Å². The number of carbonyl (C=O) groups is 1. The summed E-state index contributed by atoms with van der Waals surface area (Å²) in [5.74, 6) is 0.0175. The maximum Gasteiger partial charge on any atom is 0.163 e. The molecule has 0 aliphatic heterocycles. The third-order valence-electron chi connectivity index (χ3n) is 2.02. The second-order valence-electron chi connectivity index (χ2n) is 4.46. The maximum absolute atomic E-state index is 11.7. The first-order valence-electron chi connectivity index (χ1n) is 4.83. The molecule has 0 saturated heterocycles. The fraction of sp³-hybridized carbons (Fsp3) is 0.333. The number of allylic oxidation sites excluding steroid dienone is 1. The molecule has 0 fully saturated rings. The van der Waals surface area contributed by atoms with Crippen molar-refractivity contribution in [3.8, 4) is 0 Å². The summed E-state index contributed by atoms with van der Waals surface area (Å²) >= 11 is 0. The quantitative estimate of drug-likeness (QED) is 0.749. The molecule has 15 heavy (non-hydrogen) atoms. The fourth-order valence-electron chi connectivity index (χ4n) is 0.975. The zero-order valence-corrected chi connectivity index (χ0v) is 9.32. The molecule has 0 aromatic carbocycles. The Balaban J connectivity index is 2.91. The van der Waals surface area contributed by atoms with Crippen LogP contribution < -0.4 is 5.73 Å². The first-order valence-corrected chi connectivity index (χ1v) is 4.83. The van der Waals surface area contributed by atoms with Crippen molar-refractivity contribution >= 4 is 11.5 Å². The van der Waals surface area contributed by atoms with Crippen molar-refractivity contribution in [3.63, 3.8) is 0 Å². The monoisotopic (exact) mass is 204 g/mol. The number of pyridine rings is 1. The van der Waals surface area contributed by atoms with Crippen LogP contribution >= 0.6 is 0 Å². The van der Waals surface area contributed by atoms with E-state index in [-0.39, 0.29) is 5.78 Å². The van der Waals surface area contributed by atoms with Crippen LogP contribution in [0.1, 0.15) is 26.3 Å². The molecule has 0 saturated carbocycles. The Morgan fingerprint density at radius 1 is 1.47 bits per heavy atom. The predicted molar refractivity (Wildman–Crippen MR) is 60.9 cm³/mol. The number of hydrogen-bond donors (Lipinski definition) is 1. The van der Waals surface area contributed by atoms with E-state index in [9.17, 15) is 4.79 Å². The molecule has 0 radical (unpaired) electrons. The number of nitrogens with zero attached hydrogens (tertiary/aromatic N) is 1. The van der Waals surface area contributed by atoms with Gasteiger partial charge in [0.25, 0.3) is 0 Å². The molecule has 3 heteroatoms. The van der Waals surface area contributed by atoms with E-state index in [1.54, 1.807) is 18.5 Å². The van der Waals surface area contributed by atoms with E-state index in [1.807, 2.05) is 26.8 Å². The first kappa shape index (κ1) is 11.4. The number of rotatable bonds is 2. The molecule has 1 heterocycles. The summed E-state index contributed by atoms with van der Waals surface area (Å²) < 4.78 is 0. The highest BCUT2D eigenvalue weighted by atomic mass is 16.1. The number of aromatic nitrogens is 1. The lowest BCUT2D eigenvalue weighted by molar-refractivity contribution is -0.121. The van der Waals surface area contributed by atoms with Gasteiger partial charge in [0.05, 0.1) is 0 Å². The van der Waals surface area contributed by atoms with Crippen LogP contribution in [0.4, 0.5) is 0 Å². The SMILES string of the molecule is CC(C)(C)C(=O)/C=C(\N)c1cccnc1. The van der Waals surface area contributed by atoms with Crippen LogP contribution in [0.15, 0.2) is 30.6 Å². The minimum atomic E-state index is -0.396. The number of ketones is 1. The van der Waals surface area contributed by atoms with Crippen molar-refractivity contribution in [3.05, 3.63) is 36.2 Å². The van der Waals surface area contributed by atoms with Crippen molar-refractivity contribution in [2.24, 2.45) is 11.1 Å². The summed E-state index contributed by atoms with van der Waals surface area (Å²) in [5, 5.41) is 0. The van der Waals surface area contributed by atoms with Gasteiger partial charge in [0.2, 0.25) is 0 Å². The minimum Gasteiger partial charge on any atom is -0.398 e. The molecule has 1 rings (SSSR count). The van der Waals surface area contributed by atoms with Gasteiger partial charge in [-0.1, -0.05) is 20.8 Å². The highest BCUT2D eigenvalue weighted by Crippen LogP contribution is 2.17. The lowest BCUT2D eigenvalue weighted by Crippen LogP contribution is -2.18. The molecule has 80 valence electrons. The van der Waals surface area contributed by atoms with E-state index in [1.165, 1.54) is 6.08 Å². The Kier molecular flexibility index (Phi) is 3.24. The van der Waals surface area contributed by atoms with Gasteiger partial charge in [0, 0.05) is 35.1 Å². The number of carbonyl (C=O) groups excluding carboxylic acids is 1. The number of nitrogens with two attached hydrogens (primary N) is 1. The second-order valence-corrected chi connectivity index (χ2v) is 4.46. The molecule has 0 aliphatic carbocycles. The van der Waals surface area contributed by atoms with Crippen LogP contribution in [0.5, 0.6) is 0 Å². The van der Waals surface area contributed by atoms with Crippen LogP contribution in [-0.4, -0.2) is 10.8 Å². The van der Waals surface area contributed by atoms with E-state index in [0.717, 1.165) is 5.56 Å². The molecule has 2 N–H and O–H groups in total. The predicted octanol–water partition coefficient (Wildman–Crippen LogP) is 2.00. The van der Waals surface area contributed by atoms with Crippen molar-refractivity contribution in [1.82, 2.24) is 4.98 Å². The molecule has 0 atom stereocenters. The molecule has 0 bridgehead atoms. The normalized spacial score (nSPS) is 12.6. The smallest absolute Gasteiger partial charge is 0.163 e. The van der Waals surface area contributed by atoms with E-state index >= 15 is 0 Å². The van der Waals surface area contributed by atoms with E-state index in [2.05, 4.69) is 4.98 Å². The van der Waals surface area contributed by atoms with Crippen molar-refractivity contribution in [1.29, 1.82) is 0 Å². The Morgan fingerprint density at radius 2 is 2.13 bits per heavy atom. The lowest BCUT2D eigenvalue weighted by Gasteiger charge is -2.14. The summed E-state index contributed by atoms with van der Waals surface area (Å²) in [5.41, 5.74) is 6.63. The highest BCUT2D eigenvalue weighted by Gasteiger charge is 2.19. The third kappa shape index (κ3) is 3.20. The zero-order chi connectivity index (χ0) is 11.5. The Hall–Kier alpha value is -1.64. The van der Waals surface area contributed by atoms with Crippen LogP contribution in [0.3, 0.4) is 0 Å². The van der Waals surface area contributed by atoms with Crippen LogP contribution in [0, 0.1) is 5.41 Å². The van der Waals surface area contributed by atoms with Gasteiger partial charge in [-0.3, -0.25) is 9.78 Å². The summed E-state index contributed by atoms with van der Waals surface area (Å²) in [6.45, 7) is 5.59. The van der Waals surface area contributed by atoms with Gasteiger partial charge >= 0.3 is 0 Å². The van der Waals surface area contributed by atoms with Gasteiger partial charge in [-0.05, 0) is 12.1 Å². The van der Waals surface area contributed by atoms with Crippen molar-refractivity contribution in [2.45, 2.75) is 20.8 Å². The highest BCUT2D eigenvalue weighted by molar-refractivity contribution is 5.99. The maximum atomic E-state index is 11.7. The number of hydrogen-bond acceptors (Lipinski definition) is 3. The summed E-state index contributed by atoms with van der Waals surface area (Å²) in [6, 6.07) is 3.62. The topological polar surface area (TPSA) is 56.0 Å². The standard InChI is InChI=1S/C12H16N2O/c1-12(2,3)11(15)7-10(13)9-5-4-6-14-8-9/h4-8H,13H2,1-3H3/b10-7-. The molecular formula is C12H16N2O. The Bertz CT molecular complexity index is 374. The summed E-state index contributed by atoms with van der Waals surface area (Å²) in [7, 11) is 0. The first-order chi connectivity index (χ1) is 6.91. The Labute approximate surface area is 90.0 Å². The average Bonchev–Trinajstić information content (AvgIpc) is 2.17. The van der Waals surface area contributed by atoms with Gasteiger partial charge in [-0.2, -0.15) is 0 Å². The zero-order valence-electron chi connectivity index (χ0n) is 9.32. The van der Waals surface area contributed by atoms with Crippen LogP contribution in [-0.2, 0) is 4.79 Å². The molecule has 1 aromatic heterocycles. The van der Waals surface area contributed by atoms with Gasteiger partial charge < -0.3 is 5.73 Å². The second kappa shape index (κ2) is 4.26. The third-order valence-corrected chi connectivity index (χ3v) is 2.02. The fourth-order valence-corrected chi connectivity index (χ4v) is 0.975. The molecule has 1 aromatic rings. The van der Waals surface area contributed by atoms with Gasteiger partial charge in [-0.25, -0.2) is 0 Å². The molecule has 0 amide bonds. The van der Waals surface area contributed by atoms with Crippen LogP contribution in [0.2, 0.25) is 0 Å². The van der Waals surface area contributed by atoms with Crippen molar-refractivity contribution in [2.75, 3.05) is 0 Å². The largest absolute Gasteiger partial charge is 0.398 e. The average molecular weight is 204 g/mol. The van der Waals surface area contributed by atoms with E-state index < -0.39 is 5.41 Å². The molecular weight excluding hydrogens is 188 g/mol. The summed E-state index contributed by atoms with van der Waals surface area (Å²) in [4.78, 5) is 15.6. The van der Waals surface area contributed by atoms with Gasteiger partial charge in [0.15, 0.2) is 5.78 Å². The van der Waals surface area contributed by atoms with E-state index in [4.69, 9.17) is 5.73 Å². The minimum absolute atomic E-state index is 0.0175. The molecule has 3 nitrogen and oxygen atoms in total. The lowest BCUT2D eigenvalue weighted by atomic mass is 9.90. The molecule has 0 aliphatic rings. The van der Waals surface area contributed by atoms with E-state index in [0.29, 0.717) is 5.70 Å². The van der Waals surface area contributed by atoms with Gasteiger partial charge in [-0.15, -0.1) is 0 Å². The molecule has 0 spiro atoms. The Morgan fingerprint density at radius 3 is 2.60 bits per heavy atom. The van der Waals surface area contributed by atoms with Gasteiger partial charge in [0.1, 0.15) is 0 Å². The van der Waals surface area contributed by atoms with Crippen molar-refractivity contribution < 1.29 is 4.79 Å². The summed E-state index contributed by atoms with van der Waals surface area (Å²) in [6.07, 6.45) is 4.78. The molecule has 0 unspecified atom stereocenters.